The van der Waals surface area contributed by atoms with Crippen LogP contribution in [0.25, 0.3) is 0 Å². The quantitative estimate of drug-likeness (QED) is 0.744. The molecular weight excluding hydrogens is 296 g/mol. The van der Waals surface area contributed by atoms with Crippen LogP contribution in [0.1, 0.15) is 80.1 Å². The Morgan fingerprint density at radius 3 is 1.88 bits per heavy atom. The second kappa shape index (κ2) is 8.60. The van der Waals surface area contributed by atoms with Crippen LogP contribution < -0.4 is 5.32 Å². The molecule has 1 heterocycles. The molecule has 1 saturated heterocycles. The Kier molecular flexibility index (Phi) is 7.03. The van der Waals surface area contributed by atoms with E-state index in [9.17, 15) is 4.79 Å². The fourth-order valence-corrected chi connectivity index (χ4v) is 4.81. The monoisotopic (exact) mass is 334 g/mol. The lowest BCUT2D eigenvalue weighted by Crippen LogP contribution is -2.49. The highest BCUT2D eigenvalue weighted by Crippen LogP contribution is 2.40. The van der Waals surface area contributed by atoms with Gasteiger partial charge in [-0.1, -0.05) is 34.1 Å². The Morgan fingerprint density at radius 1 is 0.875 bits per heavy atom. The first-order valence-electron chi connectivity index (χ1n) is 10.1. The predicted molar refractivity (Wildman–Crippen MR) is 103 cm³/mol. The summed E-state index contributed by atoms with van der Waals surface area (Å²) in [5.41, 5.74) is 1.23. The Morgan fingerprint density at radius 2 is 1.38 bits per heavy atom. The van der Waals surface area contributed by atoms with Crippen LogP contribution in [0.2, 0.25) is 0 Å². The predicted octanol–water partition coefficient (Wildman–Crippen LogP) is 4.64. The number of ketones is 1. The van der Waals surface area contributed by atoms with Crippen molar-refractivity contribution in [1.29, 1.82) is 0 Å². The fourth-order valence-electron chi connectivity index (χ4n) is 4.81. The molecule has 4 atom stereocenters. The fraction of sp³-hybridized carbons (Fsp3) is 0.905. The van der Waals surface area contributed by atoms with E-state index in [0.717, 1.165) is 19.3 Å². The average molecular weight is 335 g/mol. The summed E-state index contributed by atoms with van der Waals surface area (Å²) in [6.45, 7) is 13.3. The second-order valence-corrected chi connectivity index (χ2v) is 8.82. The lowest BCUT2D eigenvalue weighted by Gasteiger charge is -2.41. The molecule has 0 aromatic heterocycles. The molecule has 0 radical (unpaired) electrons. The van der Waals surface area contributed by atoms with Gasteiger partial charge in [-0.05, 0) is 69.6 Å². The van der Waals surface area contributed by atoms with Gasteiger partial charge in [0.25, 0.3) is 0 Å². The zero-order chi connectivity index (χ0) is 17.9. The van der Waals surface area contributed by atoms with E-state index >= 15 is 0 Å². The molecule has 1 saturated carbocycles. The van der Waals surface area contributed by atoms with Crippen molar-refractivity contribution in [2.45, 2.75) is 98.2 Å². The van der Waals surface area contributed by atoms with E-state index in [-0.39, 0.29) is 17.9 Å². The van der Waals surface area contributed by atoms with E-state index in [0.29, 0.717) is 29.7 Å². The normalized spacial score (nSPS) is 35.5. The van der Waals surface area contributed by atoms with Crippen molar-refractivity contribution >= 4 is 11.5 Å². The van der Waals surface area contributed by atoms with Gasteiger partial charge in [0.15, 0.2) is 0 Å². The highest BCUT2D eigenvalue weighted by Gasteiger charge is 2.37. The van der Waals surface area contributed by atoms with Crippen LogP contribution >= 0.6 is 0 Å². The number of carbonyl (C=O) groups is 1. The number of aliphatic imine (C=N–C) groups is 1. The standard InChI is InChI=1S/C21H38N2O/c1-13(2)17-9-7-10-18(14(3)4)21(17)22-15(5)19-11-8-12-20(23-19)16(6)24/h13-14,17-21,23H,7-12H2,1-6H3/b22-15+. The van der Waals surface area contributed by atoms with Gasteiger partial charge in [-0.15, -0.1) is 0 Å². The molecular formula is C21H38N2O. The van der Waals surface area contributed by atoms with E-state index in [2.05, 4.69) is 39.9 Å². The van der Waals surface area contributed by atoms with E-state index in [1.807, 2.05) is 0 Å². The first-order chi connectivity index (χ1) is 11.3. The number of piperidine rings is 1. The number of rotatable bonds is 5. The number of Topliss-reactive ketones (excluding diaryl/α,β-unsaturated/α-hetero) is 1. The molecule has 0 aromatic carbocycles. The summed E-state index contributed by atoms with van der Waals surface area (Å²) in [4.78, 5) is 17.0. The molecule has 3 nitrogen and oxygen atoms in total. The van der Waals surface area contributed by atoms with E-state index < -0.39 is 0 Å². The van der Waals surface area contributed by atoms with Crippen LogP contribution in [0.4, 0.5) is 0 Å². The Labute approximate surface area is 149 Å². The third kappa shape index (κ3) is 4.68. The second-order valence-electron chi connectivity index (χ2n) is 8.82. The van der Waals surface area contributed by atoms with Crippen LogP contribution in [0.15, 0.2) is 4.99 Å². The summed E-state index contributed by atoms with van der Waals surface area (Å²) >= 11 is 0. The molecule has 0 spiro atoms. The summed E-state index contributed by atoms with van der Waals surface area (Å²) in [5, 5.41) is 3.55. The summed E-state index contributed by atoms with van der Waals surface area (Å²) < 4.78 is 0. The Hall–Kier alpha value is -0.700. The molecule has 0 aromatic rings. The van der Waals surface area contributed by atoms with Gasteiger partial charge in [-0.3, -0.25) is 15.1 Å². The van der Waals surface area contributed by atoms with E-state index in [4.69, 9.17) is 4.99 Å². The van der Waals surface area contributed by atoms with Gasteiger partial charge < -0.3 is 0 Å². The van der Waals surface area contributed by atoms with Crippen molar-refractivity contribution in [2.24, 2.45) is 28.7 Å². The van der Waals surface area contributed by atoms with Crippen LogP contribution in [-0.2, 0) is 4.79 Å². The Balaban J connectivity index is 2.18. The molecule has 24 heavy (non-hydrogen) atoms. The Bertz CT molecular complexity index is 439. The third-order valence-electron chi connectivity index (χ3n) is 6.40. The molecule has 4 unspecified atom stereocenters. The van der Waals surface area contributed by atoms with Gasteiger partial charge >= 0.3 is 0 Å². The molecule has 2 rings (SSSR count). The summed E-state index contributed by atoms with van der Waals surface area (Å²) in [5.74, 6) is 3.06. The number of hydrogen-bond acceptors (Lipinski definition) is 3. The number of nitrogens with one attached hydrogen (secondary N) is 1. The molecule has 2 fully saturated rings. The lowest BCUT2D eigenvalue weighted by molar-refractivity contribution is -0.119. The zero-order valence-corrected chi connectivity index (χ0v) is 16.6. The van der Waals surface area contributed by atoms with Crippen molar-refractivity contribution < 1.29 is 4.79 Å². The maximum Gasteiger partial charge on any atom is 0.146 e. The number of hydrogen-bond donors (Lipinski definition) is 1. The van der Waals surface area contributed by atoms with Gasteiger partial charge in [0.05, 0.1) is 12.1 Å². The largest absolute Gasteiger partial charge is 0.299 e. The first kappa shape index (κ1) is 19.6. The molecule has 1 aliphatic carbocycles. The molecule has 0 amide bonds. The third-order valence-corrected chi connectivity index (χ3v) is 6.40. The van der Waals surface area contributed by atoms with Crippen molar-refractivity contribution in [3.8, 4) is 0 Å². The summed E-state index contributed by atoms with van der Waals surface area (Å²) in [6, 6.07) is 0.774. The van der Waals surface area contributed by atoms with Crippen molar-refractivity contribution in [3.63, 3.8) is 0 Å². The molecule has 1 aliphatic heterocycles. The van der Waals surface area contributed by atoms with Crippen molar-refractivity contribution in [3.05, 3.63) is 0 Å². The molecule has 0 bridgehead atoms. The van der Waals surface area contributed by atoms with Crippen LogP contribution in [-0.4, -0.2) is 29.6 Å². The molecule has 3 heteroatoms. The number of carbonyl (C=O) groups excluding carboxylic acids is 1. The minimum atomic E-state index is 0.0297. The van der Waals surface area contributed by atoms with Crippen LogP contribution in [0.5, 0.6) is 0 Å². The first-order valence-corrected chi connectivity index (χ1v) is 10.1. The van der Waals surface area contributed by atoms with Gasteiger partial charge in [0.1, 0.15) is 5.78 Å². The van der Waals surface area contributed by atoms with Crippen molar-refractivity contribution in [2.75, 3.05) is 0 Å². The van der Waals surface area contributed by atoms with Crippen molar-refractivity contribution in [1.82, 2.24) is 5.32 Å². The molecule has 138 valence electrons. The van der Waals surface area contributed by atoms with Gasteiger partial charge in [0.2, 0.25) is 0 Å². The summed E-state index contributed by atoms with van der Waals surface area (Å²) in [6.07, 6.45) is 7.20. The highest BCUT2D eigenvalue weighted by atomic mass is 16.1. The van der Waals surface area contributed by atoms with Gasteiger partial charge in [0, 0.05) is 11.8 Å². The van der Waals surface area contributed by atoms with Crippen LogP contribution in [0.3, 0.4) is 0 Å². The topological polar surface area (TPSA) is 41.5 Å². The SMILES string of the molecule is CC(=O)C1CCCC(/C(C)=N/C2C(C(C)C)CCCC2C(C)C)N1. The van der Waals surface area contributed by atoms with E-state index in [1.54, 1.807) is 6.92 Å². The highest BCUT2D eigenvalue weighted by molar-refractivity contribution is 5.89. The summed E-state index contributed by atoms with van der Waals surface area (Å²) in [7, 11) is 0. The maximum absolute atomic E-state index is 11.7. The number of nitrogens with zero attached hydrogens (tertiary/aromatic N) is 1. The maximum atomic E-state index is 11.7. The minimum absolute atomic E-state index is 0.0297. The van der Waals surface area contributed by atoms with E-state index in [1.165, 1.54) is 25.0 Å². The molecule has 1 N–H and O–H groups in total. The lowest BCUT2D eigenvalue weighted by atomic mass is 9.68. The smallest absolute Gasteiger partial charge is 0.146 e. The minimum Gasteiger partial charge on any atom is -0.299 e. The van der Waals surface area contributed by atoms with Gasteiger partial charge in [-0.25, -0.2) is 0 Å². The zero-order valence-electron chi connectivity index (χ0n) is 16.6. The molecule has 2 aliphatic rings. The average Bonchev–Trinajstić information content (AvgIpc) is 2.54. The van der Waals surface area contributed by atoms with Gasteiger partial charge in [-0.2, -0.15) is 0 Å². The van der Waals surface area contributed by atoms with Crippen LogP contribution in [0, 0.1) is 23.7 Å².